The fraction of sp³-hybridized carbons (Fsp3) is 0.312. The molecule has 1 heterocycles. The second kappa shape index (κ2) is 6.48. The molecule has 1 aromatic carbocycles. The maximum atomic E-state index is 14.2. The molecule has 1 aromatic heterocycles. The normalized spacial score (nSPS) is 12.2. The van der Waals surface area contributed by atoms with Crippen molar-refractivity contribution in [1.29, 1.82) is 0 Å². The standard InChI is InChI=1S/C16H19FN2O/c1-11-10-19-8-7-13(11)14(18-2)9-12-5-4-6-15(20-3)16(12)17/h4-8,10,14,18H,9H2,1-3H3. The summed E-state index contributed by atoms with van der Waals surface area (Å²) in [6.45, 7) is 2.01. The molecule has 2 aromatic rings. The molecule has 1 unspecified atom stereocenters. The number of methoxy groups -OCH3 is 1. The molecule has 20 heavy (non-hydrogen) atoms. The monoisotopic (exact) mass is 274 g/mol. The minimum atomic E-state index is -0.290. The van der Waals surface area contributed by atoms with Crippen molar-refractivity contribution in [2.75, 3.05) is 14.2 Å². The van der Waals surface area contributed by atoms with Crippen LogP contribution in [0.3, 0.4) is 0 Å². The van der Waals surface area contributed by atoms with Crippen LogP contribution in [0, 0.1) is 12.7 Å². The van der Waals surface area contributed by atoms with Crippen molar-refractivity contribution in [2.24, 2.45) is 0 Å². The average molecular weight is 274 g/mol. The van der Waals surface area contributed by atoms with Gasteiger partial charge in [0.25, 0.3) is 0 Å². The van der Waals surface area contributed by atoms with Gasteiger partial charge in [-0.1, -0.05) is 12.1 Å². The predicted molar refractivity (Wildman–Crippen MR) is 77.4 cm³/mol. The van der Waals surface area contributed by atoms with Crippen molar-refractivity contribution in [1.82, 2.24) is 10.3 Å². The molecule has 0 bridgehead atoms. The van der Waals surface area contributed by atoms with Gasteiger partial charge in [-0.05, 0) is 49.2 Å². The summed E-state index contributed by atoms with van der Waals surface area (Å²) < 4.78 is 19.2. The number of pyridine rings is 1. The van der Waals surface area contributed by atoms with Gasteiger partial charge in [-0.2, -0.15) is 0 Å². The Morgan fingerprint density at radius 2 is 2.15 bits per heavy atom. The van der Waals surface area contributed by atoms with E-state index in [4.69, 9.17) is 4.74 Å². The van der Waals surface area contributed by atoms with Crippen molar-refractivity contribution in [2.45, 2.75) is 19.4 Å². The molecule has 1 atom stereocenters. The zero-order valence-electron chi connectivity index (χ0n) is 12.0. The molecule has 0 amide bonds. The highest BCUT2D eigenvalue weighted by molar-refractivity contribution is 5.34. The number of nitrogens with one attached hydrogen (secondary N) is 1. The predicted octanol–water partition coefficient (Wildman–Crippen LogP) is 3.04. The van der Waals surface area contributed by atoms with Crippen molar-refractivity contribution < 1.29 is 9.13 Å². The first-order valence-corrected chi connectivity index (χ1v) is 6.56. The van der Waals surface area contributed by atoms with E-state index in [-0.39, 0.29) is 17.6 Å². The van der Waals surface area contributed by atoms with E-state index in [0.717, 1.165) is 11.1 Å². The van der Waals surface area contributed by atoms with Gasteiger partial charge in [0.15, 0.2) is 11.6 Å². The van der Waals surface area contributed by atoms with Gasteiger partial charge >= 0.3 is 0 Å². The zero-order valence-corrected chi connectivity index (χ0v) is 12.0. The maximum Gasteiger partial charge on any atom is 0.168 e. The van der Waals surface area contributed by atoms with E-state index >= 15 is 0 Å². The van der Waals surface area contributed by atoms with Crippen LogP contribution in [-0.4, -0.2) is 19.1 Å². The largest absolute Gasteiger partial charge is 0.494 e. The Bertz CT molecular complexity index is 586. The Morgan fingerprint density at radius 1 is 1.35 bits per heavy atom. The fourth-order valence-corrected chi connectivity index (χ4v) is 2.33. The first-order chi connectivity index (χ1) is 9.67. The van der Waals surface area contributed by atoms with Gasteiger partial charge in [-0.25, -0.2) is 4.39 Å². The summed E-state index contributed by atoms with van der Waals surface area (Å²) in [6, 6.07) is 7.24. The van der Waals surface area contributed by atoms with Gasteiger partial charge < -0.3 is 10.1 Å². The molecule has 0 radical (unpaired) electrons. The highest BCUT2D eigenvalue weighted by atomic mass is 19.1. The number of aromatic nitrogens is 1. The Morgan fingerprint density at radius 3 is 2.80 bits per heavy atom. The number of ether oxygens (including phenoxy) is 1. The van der Waals surface area contributed by atoms with Gasteiger partial charge in [0.1, 0.15) is 0 Å². The smallest absolute Gasteiger partial charge is 0.168 e. The molecule has 3 nitrogen and oxygen atoms in total. The molecule has 0 saturated carbocycles. The third-order valence-corrected chi connectivity index (χ3v) is 3.47. The van der Waals surface area contributed by atoms with Crippen LogP contribution < -0.4 is 10.1 Å². The lowest BCUT2D eigenvalue weighted by molar-refractivity contribution is 0.383. The van der Waals surface area contributed by atoms with Crippen LogP contribution in [0.25, 0.3) is 0 Å². The molecule has 2 rings (SSSR count). The molecule has 0 aliphatic carbocycles. The number of halogens is 1. The van der Waals surface area contributed by atoms with Crippen LogP contribution >= 0.6 is 0 Å². The lowest BCUT2D eigenvalue weighted by Gasteiger charge is -2.19. The van der Waals surface area contributed by atoms with E-state index < -0.39 is 0 Å². The second-order valence-corrected chi connectivity index (χ2v) is 4.71. The third kappa shape index (κ3) is 2.96. The van der Waals surface area contributed by atoms with Crippen molar-refractivity contribution in [3.05, 3.63) is 59.2 Å². The molecule has 4 heteroatoms. The molecule has 1 N–H and O–H groups in total. The Labute approximate surface area is 118 Å². The maximum absolute atomic E-state index is 14.2. The number of hydrogen-bond acceptors (Lipinski definition) is 3. The van der Waals surface area contributed by atoms with Gasteiger partial charge in [-0.3, -0.25) is 4.98 Å². The van der Waals surface area contributed by atoms with Crippen LogP contribution in [-0.2, 0) is 6.42 Å². The quantitative estimate of drug-likeness (QED) is 0.910. The van der Waals surface area contributed by atoms with Crippen LogP contribution in [0.15, 0.2) is 36.7 Å². The summed E-state index contributed by atoms with van der Waals surface area (Å²) in [7, 11) is 3.35. The molecule has 0 spiro atoms. The molecule has 0 saturated heterocycles. The molecule has 0 aliphatic heterocycles. The molecular weight excluding hydrogens is 255 g/mol. The van der Waals surface area contributed by atoms with Gasteiger partial charge in [0.05, 0.1) is 7.11 Å². The van der Waals surface area contributed by atoms with Crippen molar-refractivity contribution in [3.63, 3.8) is 0 Å². The minimum absolute atomic E-state index is 0.0413. The topological polar surface area (TPSA) is 34.1 Å². The number of hydrogen-bond donors (Lipinski definition) is 1. The molecule has 0 fully saturated rings. The Kier molecular flexibility index (Phi) is 4.69. The van der Waals surface area contributed by atoms with E-state index in [1.165, 1.54) is 7.11 Å². The number of rotatable bonds is 5. The van der Waals surface area contributed by atoms with Crippen LogP contribution in [0.2, 0.25) is 0 Å². The van der Waals surface area contributed by atoms with Crippen molar-refractivity contribution >= 4 is 0 Å². The molecule has 0 aliphatic rings. The van der Waals surface area contributed by atoms with Gasteiger partial charge in [0, 0.05) is 18.4 Å². The van der Waals surface area contributed by atoms with E-state index in [0.29, 0.717) is 12.0 Å². The van der Waals surface area contributed by atoms with E-state index in [9.17, 15) is 4.39 Å². The number of aryl methyl sites for hydroxylation is 1. The Hall–Kier alpha value is -1.94. The molecule has 106 valence electrons. The summed E-state index contributed by atoms with van der Waals surface area (Å²) in [4.78, 5) is 4.09. The average Bonchev–Trinajstić information content (AvgIpc) is 2.47. The van der Waals surface area contributed by atoms with Crippen LogP contribution in [0.5, 0.6) is 5.75 Å². The van der Waals surface area contributed by atoms with Gasteiger partial charge in [-0.15, -0.1) is 0 Å². The first-order valence-electron chi connectivity index (χ1n) is 6.56. The van der Waals surface area contributed by atoms with Gasteiger partial charge in [0.2, 0.25) is 0 Å². The highest BCUT2D eigenvalue weighted by Gasteiger charge is 2.16. The summed E-state index contributed by atoms with van der Waals surface area (Å²) in [6.07, 6.45) is 4.14. The third-order valence-electron chi connectivity index (χ3n) is 3.47. The van der Waals surface area contributed by atoms with E-state index in [1.807, 2.05) is 32.3 Å². The second-order valence-electron chi connectivity index (χ2n) is 4.71. The summed E-state index contributed by atoms with van der Waals surface area (Å²) in [5.74, 6) is -0.00855. The fourth-order valence-electron chi connectivity index (χ4n) is 2.33. The lowest BCUT2D eigenvalue weighted by atomic mass is 9.96. The number of likely N-dealkylation sites (N-methyl/N-ethyl adjacent to an activating group) is 1. The number of nitrogens with zero attached hydrogens (tertiary/aromatic N) is 1. The van der Waals surface area contributed by atoms with E-state index in [1.54, 1.807) is 18.3 Å². The zero-order chi connectivity index (χ0) is 14.5. The first kappa shape index (κ1) is 14.5. The van der Waals surface area contributed by atoms with E-state index in [2.05, 4.69) is 10.3 Å². The van der Waals surface area contributed by atoms with Crippen LogP contribution in [0.1, 0.15) is 22.7 Å². The lowest BCUT2D eigenvalue weighted by Crippen LogP contribution is -2.20. The summed E-state index contributed by atoms with van der Waals surface area (Å²) >= 11 is 0. The molecular formula is C16H19FN2O. The SMILES string of the molecule is CNC(Cc1cccc(OC)c1F)c1ccncc1C. The highest BCUT2D eigenvalue weighted by Crippen LogP contribution is 2.26. The summed E-state index contributed by atoms with van der Waals surface area (Å²) in [5, 5.41) is 3.24. The van der Waals surface area contributed by atoms with Crippen molar-refractivity contribution in [3.8, 4) is 5.75 Å². The van der Waals surface area contributed by atoms with Crippen LogP contribution in [0.4, 0.5) is 4.39 Å². The minimum Gasteiger partial charge on any atom is -0.494 e. The summed E-state index contributed by atoms with van der Waals surface area (Å²) in [5.41, 5.74) is 2.86. The number of benzene rings is 1. The Balaban J connectivity index is 2.30.